The Bertz CT molecular complexity index is 382. The molecule has 7 atom stereocenters. The van der Waals surface area contributed by atoms with Crippen LogP contribution in [0.5, 0.6) is 0 Å². The Labute approximate surface area is 114 Å². The molecule has 3 rings (SSSR count). The van der Waals surface area contributed by atoms with E-state index in [2.05, 4.69) is 6.92 Å². The third-order valence-electron chi connectivity index (χ3n) is 5.62. The lowest BCUT2D eigenvalue weighted by Crippen LogP contribution is -2.65. The number of hydrogen-bond donors (Lipinski definition) is 1. The second kappa shape index (κ2) is 4.45. The van der Waals surface area contributed by atoms with E-state index in [1.54, 1.807) is 0 Å². The van der Waals surface area contributed by atoms with Gasteiger partial charge in [0.25, 0.3) is 0 Å². The standard InChI is InChI=1S/C15H24O4/c1-8-4-6-12-10(3)13(16)19-14-15(12,17)11(8)7-5-9(2)18-14/h8-12,14,17H,4-7H2,1-3H3/t8-,9+,10?,11+,12+,14+,15-/m1/s1. The molecule has 1 N–H and O–H groups in total. The molecule has 2 saturated heterocycles. The van der Waals surface area contributed by atoms with Gasteiger partial charge in [-0.15, -0.1) is 0 Å². The van der Waals surface area contributed by atoms with Gasteiger partial charge in [-0.05, 0) is 44.4 Å². The lowest BCUT2D eigenvalue weighted by Gasteiger charge is -2.54. The Hall–Kier alpha value is -0.610. The SMILES string of the molecule is CC1C(=O)O[C@@H]2O[C@@H](C)CC[C@H]3[C@H](C)CC[C@@H]1[C@@]23O. The first kappa shape index (κ1) is 13.4. The van der Waals surface area contributed by atoms with Gasteiger partial charge in [-0.2, -0.15) is 0 Å². The lowest BCUT2D eigenvalue weighted by molar-refractivity contribution is -0.304. The highest BCUT2D eigenvalue weighted by atomic mass is 16.7. The Kier molecular flexibility index (Phi) is 3.13. The molecule has 0 aromatic heterocycles. The summed E-state index contributed by atoms with van der Waals surface area (Å²) in [5.41, 5.74) is -0.990. The highest BCUT2D eigenvalue weighted by molar-refractivity contribution is 5.74. The first-order valence-corrected chi connectivity index (χ1v) is 7.53. The minimum Gasteiger partial charge on any atom is -0.432 e. The first-order valence-electron chi connectivity index (χ1n) is 7.53. The highest BCUT2D eigenvalue weighted by Crippen LogP contribution is 2.53. The van der Waals surface area contributed by atoms with E-state index in [0.29, 0.717) is 5.92 Å². The molecule has 3 fully saturated rings. The Morgan fingerprint density at radius 1 is 1.11 bits per heavy atom. The smallest absolute Gasteiger partial charge is 0.311 e. The summed E-state index contributed by atoms with van der Waals surface area (Å²) in [4.78, 5) is 12.0. The Morgan fingerprint density at radius 3 is 2.53 bits per heavy atom. The maximum atomic E-state index is 12.0. The molecule has 1 unspecified atom stereocenters. The zero-order valence-electron chi connectivity index (χ0n) is 12.0. The van der Waals surface area contributed by atoms with Crippen molar-refractivity contribution in [3.05, 3.63) is 0 Å². The minimum atomic E-state index is -0.990. The second-order valence-corrected chi connectivity index (χ2v) is 6.74. The minimum absolute atomic E-state index is 0.0229. The third-order valence-corrected chi connectivity index (χ3v) is 5.62. The summed E-state index contributed by atoms with van der Waals surface area (Å²) in [5, 5.41) is 11.3. The van der Waals surface area contributed by atoms with Gasteiger partial charge in [0.2, 0.25) is 6.29 Å². The summed E-state index contributed by atoms with van der Waals surface area (Å²) in [5.74, 6) is 0.166. The zero-order valence-corrected chi connectivity index (χ0v) is 12.0. The van der Waals surface area contributed by atoms with E-state index in [-0.39, 0.29) is 29.8 Å². The van der Waals surface area contributed by atoms with Crippen LogP contribution in [0.1, 0.15) is 46.5 Å². The van der Waals surface area contributed by atoms with Crippen molar-refractivity contribution < 1.29 is 19.4 Å². The van der Waals surface area contributed by atoms with Crippen molar-refractivity contribution in [3.63, 3.8) is 0 Å². The van der Waals surface area contributed by atoms with Crippen LogP contribution in [0.4, 0.5) is 0 Å². The van der Waals surface area contributed by atoms with E-state index in [1.807, 2.05) is 13.8 Å². The molecule has 0 aromatic carbocycles. The Balaban J connectivity index is 2.02. The molecule has 0 aromatic rings. The van der Waals surface area contributed by atoms with E-state index >= 15 is 0 Å². The van der Waals surface area contributed by atoms with Gasteiger partial charge in [-0.3, -0.25) is 4.79 Å². The Morgan fingerprint density at radius 2 is 1.79 bits per heavy atom. The monoisotopic (exact) mass is 268 g/mol. The summed E-state index contributed by atoms with van der Waals surface area (Å²) in [6, 6.07) is 0. The van der Waals surface area contributed by atoms with Crippen molar-refractivity contribution in [1.82, 2.24) is 0 Å². The average molecular weight is 268 g/mol. The third kappa shape index (κ3) is 1.83. The fourth-order valence-corrected chi connectivity index (χ4v) is 4.42. The molecule has 1 aliphatic carbocycles. The van der Waals surface area contributed by atoms with Crippen LogP contribution in [-0.4, -0.2) is 29.1 Å². The molecule has 108 valence electrons. The number of rotatable bonds is 0. The molecule has 1 saturated carbocycles. The highest BCUT2D eigenvalue weighted by Gasteiger charge is 2.62. The summed E-state index contributed by atoms with van der Waals surface area (Å²) >= 11 is 0. The summed E-state index contributed by atoms with van der Waals surface area (Å²) in [6.07, 6.45) is 3.11. The quantitative estimate of drug-likeness (QED) is 0.684. The predicted molar refractivity (Wildman–Crippen MR) is 69.2 cm³/mol. The van der Waals surface area contributed by atoms with Gasteiger partial charge in [0.05, 0.1) is 12.0 Å². The van der Waals surface area contributed by atoms with Gasteiger partial charge in [-0.25, -0.2) is 0 Å². The number of aliphatic hydroxyl groups is 1. The summed E-state index contributed by atoms with van der Waals surface area (Å²) < 4.78 is 11.3. The van der Waals surface area contributed by atoms with Crippen LogP contribution in [0.25, 0.3) is 0 Å². The van der Waals surface area contributed by atoms with Gasteiger partial charge in [-0.1, -0.05) is 13.8 Å². The number of esters is 1. The normalized spacial score (nSPS) is 54.0. The molecule has 4 heteroatoms. The van der Waals surface area contributed by atoms with Gasteiger partial charge in [0.1, 0.15) is 5.60 Å². The van der Waals surface area contributed by atoms with Crippen LogP contribution < -0.4 is 0 Å². The van der Waals surface area contributed by atoms with Crippen molar-refractivity contribution in [3.8, 4) is 0 Å². The molecule has 3 aliphatic rings. The first-order chi connectivity index (χ1) is 8.94. The summed E-state index contributed by atoms with van der Waals surface area (Å²) in [6.45, 7) is 6.07. The van der Waals surface area contributed by atoms with Crippen molar-refractivity contribution in [2.24, 2.45) is 23.7 Å². The predicted octanol–water partition coefficient (Wildman–Crippen LogP) is 2.10. The average Bonchev–Trinajstić information content (AvgIpc) is 2.47. The molecule has 2 heterocycles. The van der Waals surface area contributed by atoms with E-state index in [9.17, 15) is 9.90 Å². The van der Waals surface area contributed by atoms with Gasteiger partial charge < -0.3 is 14.6 Å². The molecule has 0 spiro atoms. The van der Waals surface area contributed by atoms with Crippen LogP contribution in [-0.2, 0) is 14.3 Å². The number of carbonyl (C=O) groups is 1. The molecule has 0 radical (unpaired) electrons. The van der Waals surface area contributed by atoms with Crippen molar-refractivity contribution >= 4 is 5.97 Å². The molecule has 0 bridgehead atoms. The van der Waals surface area contributed by atoms with Crippen molar-refractivity contribution in [2.45, 2.75) is 64.4 Å². The number of carbonyl (C=O) groups excluding carboxylic acids is 1. The number of hydrogen-bond acceptors (Lipinski definition) is 4. The van der Waals surface area contributed by atoms with Gasteiger partial charge in [0, 0.05) is 5.92 Å². The fourth-order valence-electron chi connectivity index (χ4n) is 4.42. The number of ether oxygens (including phenoxy) is 2. The maximum absolute atomic E-state index is 12.0. The largest absolute Gasteiger partial charge is 0.432 e. The summed E-state index contributed by atoms with van der Waals surface area (Å²) in [7, 11) is 0. The van der Waals surface area contributed by atoms with E-state index < -0.39 is 11.9 Å². The van der Waals surface area contributed by atoms with Crippen molar-refractivity contribution in [1.29, 1.82) is 0 Å². The molecule has 2 aliphatic heterocycles. The van der Waals surface area contributed by atoms with Crippen LogP contribution in [0, 0.1) is 23.7 Å². The fraction of sp³-hybridized carbons (Fsp3) is 0.933. The molecular formula is C15H24O4. The van der Waals surface area contributed by atoms with E-state index in [0.717, 1.165) is 25.7 Å². The van der Waals surface area contributed by atoms with Crippen LogP contribution >= 0.6 is 0 Å². The molecular weight excluding hydrogens is 244 g/mol. The van der Waals surface area contributed by atoms with E-state index in [4.69, 9.17) is 9.47 Å². The molecule has 0 amide bonds. The van der Waals surface area contributed by atoms with Gasteiger partial charge >= 0.3 is 5.97 Å². The zero-order chi connectivity index (χ0) is 13.8. The van der Waals surface area contributed by atoms with Crippen LogP contribution in [0.15, 0.2) is 0 Å². The lowest BCUT2D eigenvalue weighted by atomic mass is 9.58. The van der Waals surface area contributed by atoms with Gasteiger partial charge in [0.15, 0.2) is 0 Å². The van der Waals surface area contributed by atoms with Crippen LogP contribution in [0.2, 0.25) is 0 Å². The molecule has 19 heavy (non-hydrogen) atoms. The van der Waals surface area contributed by atoms with Crippen LogP contribution in [0.3, 0.4) is 0 Å². The maximum Gasteiger partial charge on any atom is 0.311 e. The second-order valence-electron chi connectivity index (χ2n) is 6.74. The molecule has 4 nitrogen and oxygen atoms in total. The topological polar surface area (TPSA) is 55.8 Å². The van der Waals surface area contributed by atoms with Crippen molar-refractivity contribution in [2.75, 3.05) is 0 Å². The van der Waals surface area contributed by atoms with E-state index in [1.165, 1.54) is 0 Å².